The minimum Gasteiger partial charge on any atom is -0.457 e. The summed E-state index contributed by atoms with van der Waals surface area (Å²) in [5.41, 5.74) is 1.48. The fraction of sp³-hybridized carbons (Fsp3) is 0.280. The van der Waals surface area contributed by atoms with Crippen LogP contribution in [0, 0.1) is 6.92 Å². The summed E-state index contributed by atoms with van der Waals surface area (Å²) in [4.78, 5) is 0. The summed E-state index contributed by atoms with van der Waals surface area (Å²) >= 11 is 0. The molecule has 0 amide bonds. The molecule has 0 unspecified atom stereocenters. The molecule has 2 N–H and O–H groups in total. The van der Waals surface area contributed by atoms with Crippen LogP contribution in [0.25, 0.3) is 0 Å². The number of hydrogen-bond acceptors (Lipinski definition) is 4. The van der Waals surface area contributed by atoms with Crippen LogP contribution in [0.3, 0.4) is 0 Å². The number of rotatable bonds is 10. The summed E-state index contributed by atoms with van der Waals surface area (Å²) in [5.74, 6) is 0.212. The molecule has 194 valence electrons. The van der Waals surface area contributed by atoms with Crippen molar-refractivity contribution in [2.45, 2.75) is 37.8 Å². The van der Waals surface area contributed by atoms with Gasteiger partial charge in [0, 0.05) is 6.54 Å². The first-order valence-electron chi connectivity index (χ1n) is 10.6. The molecule has 0 bridgehead atoms. The van der Waals surface area contributed by atoms with Gasteiger partial charge in [-0.25, -0.2) is 0 Å². The molecule has 3 aromatic carbocycles. The summed E-state index contributed by atoms with van der Waals surface area (Å²) in [6.45, 7) is 0.959. The van der Waals surface area contributed by atoms with E-state index in [4.69, 9.17) is 4.74 Å². The Kier molecular flexibility index (Phi) is 8.47. The lowest BCUT2D eigenvalue weighted by Gasteiger charge is -2.24. The van der Waals surface area contributed by atoms with Crippen molar-refractivity contribution < 1.29 is 45.3 Å². The smallest absolute Gasteiger partial charge is 0.457 e. The van der Waals surface area contributed by atoms with E-state index in [0.717, 1.165) is 17.7 Å². The maximum Gasteiger partial charge on any atom is 0.461 e. The van der Waals surface area contributed by atoms with Crippen LogP contribution in [-0.2, 0) is 0 Å². The molecule has 2 atom stereocenters. The number of alkyl halides is 7. The second-order valence-corrected chi connectivity index (χ2v) is 7.92. The highest BCUT2D eigenvalue weighted by atomic mass is 19.4. The lowest BCUT2D eigenvalue weighted by molar-refractivity contribution is -0.253. The molecule has 0 radical (unpaired) electrons. The first-order chi connectivity index (χ1) is 16.8. The quantitative estimate of drug-likeness (QED) is 0.297. The van der Waals surface area contributed by atoms with Crippen molar-refractivity contribution >= 4 is 0 Å². The normalized spacial score (nSPS) is 13.9. The molecular weight excluding hydrogens is 495 g/mol. The maximum atomic E-state index is 13.4. The molecule has 0 saturated carbocycles. The van der Waals surface area contributed by atoms with E-state index in [1.807, 2.05) is 19.1 Å². The molecule has 3 aromatic rings. The molecule has 0 aromatic heterocycles. The average molecular weight is 517 g/mol. The summed E-state index contributed by atoms with van der Waals surface area (Å²) < 4.78 is 100. The van der Waals surface area contributed by atoms with Gasteiger partial charge in [0.1, 0.15) is 17.2 Å². The Bertz CT molecular complexity index is 1140. The van der Waals surface area contributed by atoms with Crippen LogP contribution in [0.5, 0.6) is 17.2 Å². The topological polar surface area (TPSA) is 50.7 Å². The molecule has 11 heteroatoms. The van der Waals surface area contributed by atoms with E-state index in [9.17, 15) is 35.8 Å². The minimum absolute atomic E-state index is 0.124. The third-order valence-corrected chi connectivity index (χ3v) is 5.04. The van der Waals surface area contributed by atoms with E-state index < -0.39 is 43.2 Å². The minimum atomic E-state index is -4.90. The summed E-state index contributed by atoms with van der Waals surface area (Å²) in [5, 5.41) is 12.0. The van der Waals surface area contributed by atoms with Crippen molar-refractivity contribution in [1.29, 1.82) is 0 Å². The molecular formula is C25H22F7NO3. The van der Waals surface area contributed by atoms with Crippen LogP contribution >= 0.6 is 0 Å². The van der Waals surface area contributed by atoms with Gasteiger partial charge in [-0.05, 0) is 54.4 Å². The molecule has 0 aliphatic carbocycles. The van der Waals surface area contributed by atoms with Gasteiger partial charge in [-0.3, -0.25) is 0 Å². The Morgan fingerprint density at radius 2 is 1.36 bits per heavy atom. The van der Waals surface area contributed by atoms with Crippen LogP contribution in [0.2, 0.25) is 0 Å². The first kappa shape index (κ1) is 27.3. The second-order valence-electron chi connectivity index (χ2n) is 7.92. The molecule has 0 aliphatic rings. The molecule has 0 spiro atoms. The Labute approximate surface area is 202 Å². The van der Waals surface area contributed by atoms with Crippen LogP contribution in [0.15, 0.2) is 72.8 Å². The second kappa shape index (κ2) is 11.2. The highest BCUT2D eigenvalue weighted by molar-refractivity contribution is 5.41. The third-order valence-electron chi connectivity index (χ3n) is 5.04. The molecule has 4 nitrogen and oxygen atoms in total. The van der Waals surface area contributed by atoms with Gasteiger partial charge < -0.3 is 19.9 Å². The van der Waals surface area contributed by atoms with Gasteiger partial charge in [-0.1, -0.05) is 42.0 Å². The van der Waals surface area contributed by atoms with Gasteiger partial charge in [-0.15, -0.1) is 0 Å². The van der Waals surface area contributed by atoms with E-state index in [1.54, 1.807) is 30.3 Å². The standard InChI is InChI=1S/C25H22F7NO3/c1-15-8-10-18(11-9-15)35-19-6-2-4-16(12-19)22(33-14-21(34)24(28,29)30)17-5-3-7-20(13-17)36-25(31,32)23(26)27/h2-13,21-23,33-34H,14H2,1H3/t21-,22-/m1/s1. The number of halogens is 7. The van der Waals surface area contributed by atoms with E-state index in [-0.39, 0.29) is 5.56 Å². The number of aliphatic hydroxyl groups excluding tert-OH is 1. The van der Waals surface area contributed by atoms with E-state index in [1.165, 1.54) is 18.2 Å². The van der Waals surface area contributed by atoms with Crippen molar-refractivity contribution in [2.24, 2.45) is 0 Å². The fourth-order valence-corrected chi connectivity index (χ4v) is 3.23. The zero-order valence-electron chi connectivity index (χ0n) is 18.8. The van der Waals surface area contributed by atoms with Crippen LogP contribution in [-0.4, -0.2) is 36.5 Å². The van der Waals surface area contributed by atoms with E-state index in [0.29, 0.717) is 17.1 Å². The molecule has 0 heterocycles. The zero-order chi connectivity index (χ0) is 26.5. The largest absolute Gasteiger partial charge is 0.461 e. The van der Waals surface area contributed by atoms with Crippen molar-refractivity contribution in [1.82, 2.24) is 5.32 Å². The van der Waals surface area contributed by atoms with Gasteiger partial charge in [0.15, 0.2) is 6.10 Å². The molecule has 0 aliphatic heterocycles. The molecule has 0 saturated heterocycles. The Morgan fingerprint density at radius 1 is 0.806 bits per heavy atom. The van der Waals surface area contributed by atoms with Gasteiger partial charge in [0.2, 0.25) is 0 Å². The number of benzene rings is 3. The molecule has 3 rings (SSSR count). The highest BCUT2D eigenvalue weighted by Gasteiger charge is 2.44. The molecule has 0 fully saturated rings. The van der Waals surface area contributed by atoms with Crippen LogP contribution in [0.1, 0.15) is 22.7 Å². The zero-order valence-corrected chi connectivity index (χ0v) is 18.8. The summed E-state index contributed by atoms with van der Waals surface area (Å²) in [6.07, 6.45) is -16.5. The number of hydrogen-bond donors (Lipinski definition) is 2. The SMILES string of the molecule is Cc1ccc(Oc2cccc([C@@H](NC[C@@H](O)C(F)(F)F)c3cccc(OC(F)(F)C(F)F)c3)c2)cc1. The number of ether oxygens (including phenoxy) is 2. The Hall–Kier alpha value is -3.31. The van der Waals surface area contributed by atoms with Crippen molar-refractivity contribution in [3.8, 4) is 17.2 Å². The number of nitrogens with one attached hydrogen (secondary N) is 1. The summed E-state index contributed by atoms with van der Waals surface area (Å²) in [7, 11) is 0. The highest BCUT2D eigenvalue weighted by Crippen LogP contribution is 2.33. The van der Waals surface area contributed by atoms with Crippen molar-refractivity contribution in [3.63, 3.8) is 0 Å². The van der Waals surface area contributed by atoms with Crippen molar-refractivity contribution in [2.75, 3.05) is 6.54 Å². The lowest BCUT2D eigenvalue weighted by atomic mass is 9.98. The van der Waals surface area contributed by atoms with Crippen LogP contribution < -0.4 is 14.8 Å². The van der Waals surface area contributed by atoms with Crippen molar-refractivity contribution in [3.05, 3.63) is 89.5 Å². The lowest BCUT2D eigenvalue weighted by Crippen LogP contribution is -2.40. The first-order valence-corrected chi connectivity index (χ1v) is 10.6. The van der Waals surface area contributed by atoms with E-state index >= 15 is 0 Å². The fourth-order valence-electron chi connectivity index (χ4n) is 3.23. The van der Waals surface area contributed by atoms with Gasteiger partial charge in [-0.2, -0.15) is 30.7 Å². The Balaban J connectivity index is 1.93. The van der Waals surface area contributed by atoms with E-state index in [2.05, 4.69) is 10.1 Å². The predicted octanol–water partition coefficient (Wildman–Crippen LogP) is 6.63. The van der Waals surface area contributed by atoms with Gasteiger partial charge in [0.25, 0.3) is 0 Å². The van der Waals surface area contributed by atoms with Gasteiger partial charge in [0.05, 0.1) is 6.04 Å². The average Bonchev–Trinajstić information content (AvgIpc) is 2.80. The monoisotopic (exact) mass is 517 g/mol. The van der Waals surface area contributed by atoms with Crippen LogP contribution in [0.4, 0.5) is 30.7 Å². The number of aliphatic hydroxyl groups is 1. The summed E-state index contributed by atoms with van der Waals surface area (Å²) in [6, 6.07) is 16.9. The molecule has 36 heavy (non-hydrogen) atoms. The predicted molar refractivity (Wildman–Crippen MR) is 118 cm³/mol. The third kappa shape index (κ3) is 7.34. The van der Waals surface area contributed by atoms with Gasteiger partial charge >= 0.3 is 18.7 Å². The maximum absolute atomic E-state index is 13.4. The number of aryl methyl sites for hydroxylation is 1. The Morgan fingerprint density at radius 3 is 1.92 bits per heavy atom.